The molecule has 1 aromatic heterocycles. The van der Waals surface area contributed by atoms with Gasteiger partial charge in [0.25, 0.3) is 0 Å². The number of likely N-dealkylation sites (tertiary alicyclic amines) is 1. The van der Waals surface area contributed by atoms with Crippen LogP contribution in [0.15, 0.2) is 0 Å². The number of nitrogen functional groups attached to an aromatic ring is 1. The van der Waals surface area contributed by atoms with Crippen molar-refractivity contribution < 1.29 is 9.90 Å². The lowest BCUT2D eigenvalue weighted by atomic mass is 10.1. The predicted octanol–water partition coefficient (Wildman–Crippen LogP) is 0.846. The second kappa shape index (κ2) is 6.26. The van der Waals surface area contributed by atoms with Crippen LogP contribution in [-0.2, 0) is 11.3 Å². The maximum atomic E-state index is 12.4. The summed E-state index contributed by atoms with van der Waals surface area (Å²) in [5.41, 5.74) is 8.17. The number of nitrogens with zero attached hydrogens (tertiary/aromatic N) is 3. The van der Waals surface area contributed by atoms with Gasteiger partial charge in [0, 0.05) is 19.2 Å². The molecule has 1 atom stereocenters. The largest absolute Gasteiger partial charge is 0.396 e. The molecule has 2 heterocycles. The van der Waals surface area contributed by atoms with Crippen molar-refractivity contribution in [2.24, 2.45) is 0 Å². The Labute approximate surface area is 119 Å². The van der Waals surface area contributed by atoms with Crippen LogP contribution < -0.4 is 5.73 Å². The van der Waals surface area contributed by atoms with Crippen LogP contribution in [0.2, 0.25) is 0 Å². The Bertz CT molecular complexity index is 484. The van der Waals surface area contributed by atoms with Crippen LogP contribution in [0.1, 0.15) is 37.1 Å². The van der Waals surface area contributed by atoms with Gasteiger partial charge in [-0.1, -0.05) is 0 Å². The van der Waals surface area contributed by atoms with Crippen LogP contribution >= 0.6 is 0 Å². The lowest BCUT2D eigenvalue weighted by molar-refractivity contribution is -0.133. The van der Waals surface area contributed by atoms with E-state index >= 15 is 0 Å². The van der Waals surface area contributed by atoms with Gasteiger partial charge in [-0.05, 0) is 39.5 Å². The Hall–Kier alpha value is -1.56. The Morgan fingerprint density at radius 1 is 1.50 bits per heavy atom. The zero-order chi connectivity index (χ0) is 14.7. The quantitative estimate of drug-likeness (QED) is 0.837. The van der Waals surface area contributed by atoms with Gasteiger partial charge in [0.05, 0.1) is 17.1 Å². The summed E-state index contributed by atoms with van der Waals surface area (Å²) in [5, 5.41) is 13.2. The van der Waals surface area contributed by atoms with Crippen LogP contribution in [0.5, 0.6) is 0 Å². The van der Waals surface area contributed by atoms with E-state index in [0.29, 0.717) is 5.69 Å². The van der Waals surface area contributed by atoms with Gasteiger partial charge in [-0.3, -0.25) is 9.48 Å². The molecular formula is C14H24N4O2. The Kier molecular flexibility index (Phi) is 4.65. The second-order valence-corrected chi connectivity index (χ2v) is 5.49. The van der Waals surface area contributed by atoms with Crippen molar-refractivity contribution in [1.29, 1.82) is 0 Å². The SMILES string of the molecule is Cc1nn(CC(=O)N2CCCC2CCCO)c(C)c1N. The highest BCUT2D eigenvalue weighted by Crippen LogP contribution is 2.22. The van der Waals surface area contributed by atoms with Gasteiger partial charge in [-0.25, -0.2) is 0 Å². The topological polar surface area (TPSA) is 84.4 Å². The Morgan fingerprint density at radius 3 is 2.85 bits per heavy atom. The molecule has 3 N–H and O–H groups in total. The molecule has 0 bridgehead atoms. The van der Waals surface area contributed by atoms with Crippen molar-refractivity contribution >= 4 is 11.6 Å². The highest BCUT2D eigenvalue weighted by molar-refractivity contribution is 5.76. The number of aryl methyl sites for hydroxylation is 1. The molecule has 0 radical (unpaired) electrons. The van der Waals surface area contributed by atoms with E-state index in [-0.39, 0.29) is 25.1 Å². The number of aliphatic hydroxyl groups is 1. The van der Waals surface area contributed by atoms with Crippen LogP contribution in [-0.4, -0.2) is 44.9 Å². The van der Waals surface area contributed by atoms with Gasteiger partial charge in [0.15, 0.2) is 0 Å². The third-order valence-electron chi connectivity index (χ3n) is 4.12. The smallest absolute Gasteiger partial charge is 0.244 e. The summed E-state index contributed by atoms with van der Waals surface area (Å²) in [4.78, 5) is 14.4. The number of rotatable bonds is 5. The zero-order valence-corrected chi connectivity index (χ0v) is 12.3. The molecule has 1 aliphatic heterocycles. The Morgan fingerprint density at radius 2 is 2.25 bits per heavy atom. The molecule has 1 aromatic rings. The summed E-state index contributed by atoms with van der Waals surface area (Å²) in [6.45, 7) is 4.98. The molecule has 1 amide bonds. The molecule has 1 unspecified atom stereocenters. The third-order valence-corrected chi connectivity index (χ3v) is 4.12. The van der Waals surface area contributed by atoms with Gasteiger partial charge < -0.3 is 15.7 Å². The minimum atomic E-state index is 0.0936. The van der Waals surface area contributed by atoms with E-state index in [1.54, 1.807) is 4.68 Å². The van der Waals surface area contributed by atoms with Gasteiger partial charge in [0.1, 0.15) is 6.54 Å². The van der Waals surface area contributed by atoms with E-state index in [9.17, 15) is 4.79 Å². The average Bonchev–Trinajstić information content (AvgIpc) is 2.98. The van der Waals surface area contributed by atoms with Crippen LogP contribution in [0.25, 0.3) is 0 Å². The van der Waals surface area contributed by atoms with Gasteiger partial charge in [-0.15, -0.1) is 0 Å². The molecule has 6 heteroatoms. The minimum absolute atomic E-state index is 0.0936. The number of amides is 1. The molecule has 0 aliphatic carbocycles. The third kappa shape index (κ3) is 2.95. The zero-order valence-electron chi connectivity index (χ0n) is 12.3. The van der Waals surface area contributed by atoms with Crippen molar-refractivity contribution in [3.8, 4) is 0 Å². The van der Waals surface area contributed by atoms with E-state index in [4.69, 9.17) is 10.8 Å². The summed E-state index contributed by atoms with van der Waals surface area (Å²) < 4.78 is 1.69. The van der Waals surface area contributed by atoms with Crippen LogP contribution in [0, 0.1) is 13.8 Å². The van der Waals surface area contributed by atoms with Crippen molar-refractivity contribution in [3.05, 3.63) is 11.4 Å². The summed E-state index contributed by atoms with van der Waals surface area (Å²) in [7, 11) is 0. The molecule has 0 spiro atoms. The summed E-state index contributed by atoms with van der Waals surface area (Å²) >= 11 is 0. The van der Waals surface area contributed by atoms with Crippen molar-refractivity contribution in [1.82, 2.24) is 14.7 Å². The second-order valence-electron chi connectivity index (χ2n) is 5.49. The highest BCUT2D eigenvalue weighted by Gasteiger charge is 2.28. The molecule has 6 nitrogen and oxygen atoms in total. The van der Waals surface area contributed by atoms with Gasteiger partial charge >= 0.3 is 0 Å². The number of nitrogens with two attached hydrogens (primary N) is 1. The molecule has 2 rings (SSSR count). The fourth-order valence-corrected chi connectivity index (χ4v) is 2.87. The minimum Gasteiger partial charge on any atom is -0.396 e. The maximum Gasteiger partial charge on any atom is 0.244 e. The molecule has 112 valence electrons. The number of hydrogen-bond donors (Lipinski definition) is 2. The first-order valence-corrected chi connectivity index (χ1v) is 7.24. The lowest BCUT2D eigenvalue weighted by Crippen LogP contribution is -2.38. The fraction of sp³-hybridized carbons (Fsp3) is 0.714. The van der Waals surface area contributed by atoms with E-state index in [2.05, 4.69) is 5.10 Å². The number of aromatic nitrogens is 2. The molecular weight excluding hydrogens is 256 g/mol. The number of anilines is 1. The molecule has 1 fully saturated rings. The standard InChI is InChI=1S/C14H24N4O2/c1-10-14(15)11(2)18(16-10)9-13(20)17-7-3-5-12(17)6-4-8-19/h12,19H,3-9,15H2,1-2H3. The van der Waals surface area contributed by atoms with Crippen LogP contribution in [0.3, 0.4) is 0 Å². The lowest BCUT2D eigenvalue weighted by Gasteiger charge is -2.24. The highest BCUT2D eigenvalue weighted by atomic mass is 16.3. The first kappa shape index (κ1) is 14.8. The maximum absolute atomic E-state index is 12.4. The van der Waals surface area contributed by atoms with Gasteiger partial charge in [-0.2, -0.15) is 5.10 Å². The average molecular weight is 280 g/mol. The Balaban J connectivity index is 2.02. The number of carbonyl (C=O) groups is 1. The molecule has 1 saturated heterocycles. The number of hydrogen-bond acceptors (Lipinski definition) is 4. The van der Waals surface area contributed by atoms with Crippen LogP contribution in [0.4, 0.5) is 5.69 Å². The van der Waals surface area contributed by atoms with E-state index in [1.165, 1.54) is 0 Å². The molecule has 1 aliphatic rings. The molecule has 20 heavy (non-hydrogen) atoms. The predicted molar refractivity (Wildman–Crippen MR) is 77.2 cm³/mol. The van der Waals surface area contributed by atoms with Gasteiger partial charge in [0.2, 0.25) is 5.91 Å². The fourth-order valence-electron chi connectivity index (χ4n) is 2.87. The van der Waals surface area contributed by atoms with E-state index in [1.807, 2.05) is 18.7 Å². The number of carbonyl (C=O) groups excluding carboxylic acids is 1. The summed E-state index contributed by atoms with van der Waals surface area (Å²) in [5.74, 6) is 0.0936. The monoisotopic (exact) mass is 280 g/mol. The van der Waals surface area contributed by atoms with E-state index < -0.39 is 0 Å². The molecule has 0 aromatic carbocycles. The van der Waals surface area contributed by atoms with Crippen molar-refractivity contribution in [3.63, 3.8) is 0 Å². The van der Waals surface area contributed by atoms with Crippen molar-refractivity contribution in [2.75, 3.05) is 18.9 Å². The summed E-state index contributed by atoms with van der Waals surface area (Å²) in [6.07, 6.45) is 3.70. The number of aliphatic hydroxyl groups excluding tert-OH is 1. The van der Waals surface area contributed by atoms with E-state index in [0.717, 1.165) is 43.6 Å². The van der Waals surface area contributed by atoms with Crippen molar-refractivity contribution in [2.45, 2.75) is 52.1 Å². The normalized spacial score (nSPS) is 18.8. The first-order valence-electron chi connectivity index (χ1n) is 7.24. The first-order chi connectivity index (χ1) is 9.54. The summed E-state index contributed by atoms with van der Waals surface area (Å²) in [6, 6.07) is 0.268. The molecule has 0 saturated carbocycles.